The maximum atomic E-state index is 13.7. The monoisotopic (exact) mass is 570 g/mol. The number of aliphatic hydroxyl groups is 3. The molecule has 0 unspecified atom stereocenters. The second kappa shape index (κ2) is 10.7. The number of aliphatic hydroxyl groups excluding tert-OH is 2. The average molecular weight is 571 g/mol. The van der Waals surface area contributed by atoms with Crippen LogP contribution in [-0.2, 0) is 25.5 Å². The highest BCUT2D eigenvalue weighted by atomic mass is 16.6. The van der Waals surface area contributed by atoms with Gasteiger partial charge in [-0.3, -0.25) is 23.9 Å². The van der Waals surface area contributed by atoms with E-state index in [2.05, 4.69) is 4.98 Å². The largest absolute Gasteiger partial charge is 0.387 e. The summed E-state index contributed by atoms with van der Waals surface area (Å²) in [4.78, 5) is 53.7. The lowest BCUT2D eigenvalue weighted by Crippen LogP contribution is -2.64. The predicted octanol–water partition coefficient (Wildman–Crippen LogP) is 1.25. The first-order valence-electron chi connectivity index (χ1n) is 13.3. The van der Waals surface area contributed by atoms with Crippen molar-refractivity contribution >= 4 is 11.6 Å². The minimum atomic E-state index is -2.89. The van der Waals surface area contributed by atoms with Crippen LogP contribution in [0.5, 0.6) is 0 Å². The summed E-state index contributed by atoms with van der Waals surface area (Å²) in [6.45, 7) is 1.93. The van der Waals surface area contributed by atoms with Crippen molar-refractivity contribution in [2.24, 2.45) is 0 Å². The van der Waals surface area contributed by atoms with E-state index in [0.29, 0.717) is 16.7 Å². The van der Waals surface area contributed by atoms with Gasteiger partial charge in [0, 0.05) is 12.3 Å². The first-order chi connectivity index (χ1) is 20.0. The standard InChI is InChI=1S/C32H30N2O8/c1-20(35)31(41,21(2)36)28-26(38)27(39)32(42-28,34-19-18-25(37)33-29(34)40)30(22-12-6-3-7-13-22,23-14-8-4-9-15-23)24-16-10-5-11-17-24/h3-19,26-28,38-39,41H,1-2H3,(H,33,37,40)/t26-,27+,28-,32-/m0/s1. The first-order valence-corrected chi connectivity index (χ1v) is 13.3. The molecular weight excluding hydrogens is 540 g/mol. The molecule has 4 atom stereocenters. The molecule has 1 aliphatic rings. The fourth-order valence-electron chi connectivity index (χ4n) is 6.26. The number of carbonyl (C=O) groups excluding carboxylic acids is 2. The molecule has 1 saturated heterocycles. The fraction of sp³-hybridized carbons (Fsp3) is 0.250. The Labute approximate surface area is 240 Å². The normalized spacial score (nSPS) is 22.5. The molecule has 0 spiro atoms. The quantitative estimate of drug-likeness (QED) is 0.182. The number of nitrogens with one attached hydrogen (secondary N) is 1. The third-order valence-corrected chi connectivity index (χ3v) is 8.17. The molecule has 1 aliphatic heterocycles. The van der Waals surface area contributed by atoms with Crippen LogP contribution in [0.2, 0.25) is 0 Å². The second-order valence-corrected chi connectivity index (χ2v) is 10.4. The number of carbonyl (C=O) groups is 2. The Morgan fingerprint density at radius 1 is 0.786 bits per heavy atom. The number of hydrogen-bond donors (Lipinski definition) is 4. The topological polar surface area (TPSA) is 159 Å². The summed E-state index contributed by atoms with van der Waals surface area (Å²) in [5.74, 6) is -2.05. The highest BCUT2D eigenvalue weighted by Gasteiger charge is 2.72. The number of Topliss-reactive ketones (excluding diaryl/α,β-unsaturated/α-hetero) is 2. The Hall–Kier alpha value is -4.48. The van der Waals surface area contributed by atoms with E-state index in [1.807, 2.05) is 0 Å². The summed E-state index contributed by atoms with van der Waals surface area (Å²) in [6, 6.07) is 27.3. The van der Waals surface area contributed by atoms with Gasteiger partial charge in [-0.1, -0.05) is 91.0 Å². The molecule has 1 fully saturated rings. The molecule has 3 aromatic carbocycles. The van der Waals surface area contributed by atoms with Crippen LogP contribution in [0, 0.1) is 0 Å². The van der Waals surface area contributed by atoms with Crippen molar-refractivity contribution in [3.8, 4) is 0 Å². The van der Waals surface area contributed by atoms with E-state index in [0.717, 1.165) is 30.7 Å². The fourth-order valence-corrected chi connectivity index (χ4v) is 6.26. The van der Waals surface area contributed by atoms with Crippen LogP contribution in [-0.4, -0.2) is 60.4 Å². The van der Waals surface area contributed by atoms with Crippen LogP contribution in [0.25, 0.3) is 0 Å². The van der Waals surface area contributed by atoms with E-state index >= 15 is 0 Å². The van der Waals surface area contributed by atoms with Gasteiger partial charge in [0.2, 0.25) is 5.60 Å². The molecule has 0 amide bonds. The summed E-state index contributed by atoms with van der Waals surface area (Å²) < 4.78 is 7.49. The molecule has 0 bridgehead atoms. The number of benzene rings is 3. The van der Waals surface area contributed by atoms with Crippen LogP contribution < -0.4 is 11.2 Å². The van der Waals surface area contributed by atoms with Crippen molar-refractivity contribution in [2.45, 2.75) is 48.9 Å². The van der Waals surface area contributed by atoms with Gasteiger partial charge in [-0.15, -0.1) is 0 Å². The van der Waals surface area contributed by atoms with Crippen LogP contribution in [0.3, 0.4) is 0 Å². The summed E-state index contributed by atoms with van der Waals surface area (Å²) in [5, 5.41) is 35.3. The summed E-state index contributed by atoms with van der Waals surface area (Å²) in [5.41, 5.74) is -7.27. The Morgan fingerprint density at radius 3 is 1.60 bits per heavy atom. The smallest absolute Gasteiger partial charge is 0.330 e. The molecule has 4 aromatic rings. The molecule has 10 heteroatoms. The summed E-state index contributed by atoms with van der Waals surface area (Å²) >= 11 is 0. The van der Waals surface area contributed by atoms with Crippen molar-refractivity contribution in [2.75, 3.05) is 0 Å². The Kier molecular flexibility index (Phi) is 7.42. The van der Waals surface area contributed by atoms with Gasteiger partial charge in [0.1, 0.15) is 18.3 Å². The van der Waals surface area contributed by atoms with Crippen molar-refractivity contribution in [3.63, 3.8) is 0 Å². The SMILES string of the molecule is CC(=O)C(O)(C(C)=O)[C@H]1O[C@](n2ccc(=O)[nH]c2=O)(C(c2ccccc2)(c2ccccc2)c2ccccc2)[C@H](O)[C@@H]1O. The molecule has 1 aromatic heterocycles. The van der Waals surface area contributed by atoms with E-state index in [1.165, 1.54) is 0 Å². The number of nitrogens with zero attached hydrogens (tertiary/aromatic N) is 1. The van der Waals surface area contributed by atoms with E-state index in [9.17, 15) is 34.5 Å². The Morgan fingerprint density at radius 2 is 1.21 bits per heavy atom. The molecule has 0 saturated carbocycles. The maximum absolute atomic E-state index is 13.7. The molecule has 10 nitrogen and oxygen atoms in total. The molecule has 4 N–H and O–H groups in total. The van der Waals surface area contributed by atoms with Crippen LogP contribution in [0.15, 0.2) is 113 Å². The van der Waals surface area contributed by atoms with E-state index in [4.69, 9.17) is 4.74 Å². The van der Waals surface area contributed by atoms with Gasteiger partial charge in [-0.25, -0.2) is 4.79 Å². The van der Waals surface area contributed by atoms with Gasteiger partial charge in [0.05, 0.1) is 5.41 Å². The van der Waals surface area contributed by atoms with E-state index in [-0.39, 0.29) is 0 Å². The lowest BCUT2D eigenvalue weighted by Gasteiger charge is -2.51. The zero-order valence-corrected chi connectivity index (χ0v) is 22.9. The number of aromatic nitrogens is 2. The first kappa shape index (κ1) is 29.0. The van der Waals surface area contributed by atoms with Gasteiger partial charge in [-0.2, -0.15) is 0 Å². The zero-order chi connectivity index (χ0) is 30.3. The minimum absolute atomic E-state index is 0.488. The number of hydrogen-bond acceptors (Lipinski definition) is 8. The number of ketones is 2. The number of H-pyrrole nitrogens is 1. The molecule has 0 radical (unpaired) electrons. The van der Waals surface area contributed by atoms with Crippen molar-refractivity contribution in [1.82, 2.24) is 9.55 Å². The zero-order valence-electron chi connectivity index (χ0n) is 22.9. The third-order valence-electron chi connectivity index (χ3n) is 8.17. The average Bonchev–Trinajstić information content (AvgIpc) is 3.25. The number of ether oxygens (including phenoxy) is 1. The predicted molar refractivity (Wildman–Crippen MR) is 152 cm³/mol. The summed E-state index contributed by atoms with van der Waals surface area (Å²) in [6.07, 6.45) is -5.02. The van der Waals surface area contributed by atoms with Crippen LogP contribution >= 0.6 is 0 Å². The summed E-state index contributed by atoms with van der Waals surface area (Å²) in [7, 11) is 0. The van der Waals surface area contributed by atoms with E-state index < -0.39 is 57.9 Å². The lowest BCUT2D eigenvalue weighted by molar-refractivity contribution is -0.208. The minimum Gasteiger partial charge on any atom is -0.387 e. The van der Waals surface area contributed by atoms with E-state index in [1.54, 1.807) is 91.0 Å². The molecule has 216 valence electrons. The molecule has 2 heterocycles. The van der Waals surface area contributed by atoms with Crippen LogP contribution in [0.1, 0.15) is 30.5 Å². The molecule has 5 rings (SSSR count). The number of rotatable bonds is 8. The molecule has 0 aliphatic carbocycles. The molecule has 42 heavy (non-hydrogen) atoms. The van der Waals surface area contributed by atoms with Gasteiger partial charge in [0.15, 0.2) is 17.3 Å². The van der Waals surface area contributed by atoms with Gasteiger partial charge < -0.3 is 20.1 Å². The lowest BCUT2D eigenvalue weighted by atomic mass is 9.60. The van der Waals surface area contributed by atoms with Gasteiger partial charge >= 0.3 is 5.69 Å². The number of aromatic amines is 1. The third kappa shape index (κ3) is 4.03. The maximum Gasteiger partial charge on any atom is 0.330 e. The van der Waals surface area contributed by atoms with Gasteiger partial charge in [-0.05, 0) is 30.5 Å². The van der Waals surface area contributed by atoms with Crippen LogP contribution in [0.4, 0.5) is 0 Å². The molecular formula is C32H30N2O8. The van der Waals surface area contributed by atoms with Crippen molar-refractivity contribution in [3.05, 3.63) is 141 Å². The van der Waals surface area contributed by atoms with Gasteiger partial charge in [0.25, 0.3) is 5.56 Å². The Balaban J connectivity index is 2.03. The van der Waals surface area contributed by atoms with Crippen molar-refractivity contribution < 1.29 is 29.6 Å². The van der Waals surface area contributed by atoms with Crippen molar-refractivity contribution in [1.29, 1.82) is 0 Å². The highest BCUT2D eigenvalue weighted by molar-refractivity contribution is 6.09. The highest BCUT2D eigenvalue weighted by Crippen LogP contribution is 2.57. The Bertz CT molecular complexity index is 1610. The second-order valence-electron chi connectivity index (χ2n) is 10.4.